The summed E-state index contributed by atoms with van der Waals surface area (Å²) in [5.41, 5.74) is 2.52. The number of rotatable bonds is 5. The first kappa shape index (κ1) is 17.6. The van der Waals surface area contributed by atoms with Crippen molar-refractivity contribution < 1.29 is 0 Å². The Kier molecular flexibility index (Phi) is 7.74. The molecule has 1 aromatic carbocycles. The van der Waals surface area contributed by atoms with Crippen LogP contribution in [0.5, 0.6) is 0 Å². The number of allylic oxidation sites excluding steroid dienone is 4. The minimum Gasteiger partial charge on any atom is -0.0885 e. The van der Waals surface area contributed by atoms with Gasteiger partial charge in [0.15, 0.2) is 0 Å². The lowest BCUT2D eigenvalue weighted by Crippen LogP contribution is -2.11. The highest BCUT2D eigenvalue weighted by Crippen LogP contribution is 2.30. The summed E-state index contributed by atoms with van der Waals surface area (Å²) in [5, 5.41) is 0. The minimum absolute atomic E-state index is 0.725. The Bertz CT molecular complexity index is 554. The Morgan fingerprint density at radius 1 is 0.957 bits per heavy atom. The number of hydrogen-bond acceptors (Lipinski definition) is 0. The predicted octanol–water partition coefficient (Wildman–Crippen LogP) is 6.32. The molecular weight excluding hydrogens is 276 g/mol. The van der Waals surface area contributed by atoms with Gasteiger partial charge in [-0.2, -0.15) is 0 Å². The van der Waals surface area contributed by atoms with Crippen molar-refractivity contribution in [3.63, 3.8) is 0 Å². The Morgan fingerprint density at radius 3 is 2.22 bits per heavy atom. The van der Waals surface area contributed by atoms with Crippen LogP contribution in [0.3, 0.4) is 0 Å². The molecule has 122 valence electrons. The molecule has 0 spiro atoms. The summed E-state index contributed by atoms with van der Waals surface area (Å²) in [6.07, 6.45) is 17.9. The van der Waals surface area contributed by atoms with Gasteiger partial charge in [-0.3, -0.25) is 0 Å². The molecule has 1 aromatic rings. The molecule has 0 atom stereocenters. The van der Waals surface area contributed by atoms with Crippen LogP contribution >= 0.6 is 0 Å². The largest absolute Gasteiger partial charge is 0.0885 e. The minimum atomic E-state index is 0.725. The van der Waals surface area contributed by atoms with E-state index in [-0.39, 0.29) is 0 Å². The van der Waals surface area contributed by atoms with Crippen molar-refractivity contribution in [1.82, 2.24) is 0 Å². The van der Waals surface area contributed by atoms with Gasteiger partial charge in [-0.05, 0) is 74.1 Å². The topological polar surface area (TPSA) is 0 Å². The zero-order chi connectivity index (χ0) is 16.3. The molecule has 1 aliphatic carbocycles. The molecule has 0 heterocycles. The Balaban J connectivity index is 1.78. The molecule has 2 rings (SSSR count). The smallest absolute Gasteiger partial charge is 0.0249 e. The van der Waals surface area contributed by atoms with Gasteiger partial charge in [0.25, 0.3) is 0 Å². The first-order valence-corrected chi connectivity index (χ1v) is 9.25. The van der Waals surface area contributed by atoms with Crippen LogP contribution in [-0.4, -0.2) is 0 Å². The third kappa shape index (κ3) is 6.49. The van der Waals surface area contributed by atoms with E-state index in [0.717, 1.165) is 30.2 Å². The van der Waals surface area contributed by atoms with Crippen LogP contribution < -0.4 is 0 Å². The van der Waals surface area contributed by atoms with E-state index >= 15 is 0 Å². The lowest BCUT2D eigenvalue weighted by atomic mass is 9.81. The van der Waals surface area contributed by atoms with E-state index in [1.165, 1.54) is 37.7 Å². The lowest BCUT2D eigenvalue weighted by Gasteiger charge is -2.24. The molecule has 23 heavy (non-hydrogen) atoms. The van der Waals surface area contributed by atoms with Gasteiger partial charge in [-0.1, -0.05) is 62.5 Å². The Morgan fingerprint density at radius 2 is 1.61 bits per heavy atom. The van der Waals surface area contributed by atoms with Crippen LogP contribution in [0.15, 0.2) is 48.6 Å². The van der Waals surface area contributed by atoms with E-state index in [1.807, 2.05) is 0 Å². The summed E-state index contributed by atoms with van der Waals surface area (Å²) in [5.74, 6) is 7.98. The molecule has 0 amide bonds. The van der Waals surface area contributed by atoms with Crippen LogP contribution in [0.1, 0.15) is 63.5 Å². The highest BCUT2D eigenvalue weighted by atomic mass is 14.2. The van der Waals surface area contributed by atoms with Gasteiger partial charge in [0.05, 0.1) is 0 Å². The molecule has 0 N–H and O–H groups in total. The monoisotopic (exact) mass is 306 g/mol. The van der Waals surface area contributed by atoms with Crippen molar-refractivity contribution in [1.29, 1.82) is 0 Å². The maximum atomic E-state index is 3.24. The maximum Gasteiger partial charge on any atom is 0.0249 e. The summed E-state index contributed by atoms with van der Waals surface area (Å²) in [4.78, 5) is 0. The second-order valence-electron chi connectivity index (χ2n) is 6.59. The van der Waals surface area contributed by atoms with E-state index in [4.69, 9.17) is 0 Å². The van der Waals surface area contributed by atoms with Crippen molar-refractivity contribution >= 4 is 0 Å². The molecule has 0 unspecified atom stereocenters. The van der Waals surface area contributed by atoms with Crippen molar-refractivity contribution in [2.75, 3.05) is 0 Å². The normalized spacial score (nSPS) is 21.5. The Labute approximate surface area is 142 Å². The number of hydrogen-bond donors (Lipinski definition) is 0. The van der Waals surface area contributed by atoms with E-state index in [1.54, 1.807) is 0 Å². The average molecular weight is 306 g/mol. The van der Waals surface area contributed by atoms with Crippen LogP contribution in [0.4, 0.5) is 0 Å². The fraction of sp³-hybridized carbons (Fsp3) is 0.478. The third-order valence-electron chi connectivity index (χ3n) is 4.62. The van der Waals surface area contributed by atoms with Crippen LogP contribution in [0.25, 0.3) is 0 Å². The number of benzene rings is 1. The van der Waals surface area contributed by atoms with Gasteiger partial charge < -0.3 is 0 Å². The van der Waals surface area contributed by atoms with Crippen LogP contribution in [0, 0.1) is 23.7 Å². The van der Waals surface area contributed by atoms with Crippen molar-refractivity contribution in [3.8, 4) is 11.8 Å². The molecule has 0 aromatic heterocycles. The van der Waals surface area contributed by atoms with E-state index in [2.05, 4.69) is 74.3 Å². The molecule has 1 aliphatic rings. The van der Waals surface area contributed by atoms with E-state index in [9.17, 15) is 0 Å². The summed E-state index contributed by atoms with van der Waals surface area (Å²) in [6, 6.07) is 8.67. The highest BCUT2D eigenvalue weighted by Gasteiger charge is 2.16. The van der Waals surface area contributed by atoms with Gasteiger partial charge >= 0.3 is 0 Å². The maximum absolute atomic E-state index is 3.24. The fourth-order valence-electron chi connectivity index (χ4n) is 3.21. The van der Waals surface area contributed by atoms with Crippen molar-refractivity contribution in [3.05, 3.63) is 59.7 Å². The standard InChI is InChI=1S/C23H30/c1-3-5-9-21-16-18-23(19-17-21)11-7-6-10-22-14-12-20(8-4-2)13-15-22/h5,7,9,11-15,21,23H,3-4,8,16-19H2,1-2H3/t21-,23-. The van der Waals surface area contributed by atoms with Gasteiger partial charge in [-0.15, -0.1) is 0 Å². The molecule has 0 heteroatoms. The second-order valence-corrected chi connectivity index (χ2v) is 6.59. The third-order valence-corrected chi connectivity index (χ3v) is 4.62. The molecular formula is C23H30. The molecule has 0 radical (unpaired) electrons. The second kappa shape index (κ2) is 10.1. The van der Waals surface area contributed by atoms with Gasteiger partial charge in [0.2, 0.25) is 0 Å². The lowest BCUT2D eigenvalue weighted by molar-refractivity contribution is 0.356. The van der Waals surface area contributed by atoms with Crippen molar-refractivity contribution in [2.45, 2.75) is 58.8 Å². The first-order valence-electron chi connectivity index (χ1n) is 9.25. The van der Waals surface area contributed by atoms with E-state index < -0.39 is 0 Å². The predicted molar refractivity (Wildman–Crippen MR) is 101 cm³/mol. The van der Waals surface area contributed by atoms with Crippen LogP contribution in [0.2, 0.25) is 0 Å². The Hall–Kier alpha value is -1.74. The SMILES string of the molecule is CCC=C[C@H]1CC[C@H](C=CC#Cc2ccc(CCC)cc2)CC1. The zero-order valence-corrected chi connectivity index (χ0v) is 14.7. The zero-order valence-electron chi connectivity index (χ0n) is 14.7. The molecule has 1 fully saturated rings. The van der Waals surface area contributed by atoms with Crippen LogP contribution in [-0.2, 0) is 6.42 Å². The quantitative estimate of drug-likeness (QED) is 0.441. The average Bonchev–Trinajstić information content (AvgIpc) is 2.59. The summed E-state index contributed by atoms with van der Waals surface area (Å²) < 4.78 is 0. The molecule has 0 nitrogen and oxygen atoms in total. The summed E-state index contributed by atoms with van der Waals surface area (Å²) in [7, 11) is 0. The van der Waals surface area contributed by atoms with Gasteiger partial charge in [0.1, 0.15) is 0 Å². The van der Waals surface area contributed by atoms with E-state index in [0.29, 0.717) is 0 Å². The van der Waals surface area contributed by atoms with Gasteiger partial charge in [0, 0.05) is 5.56 Å². The highest BCUT2D eigenvalue weighted by molar-refractivity contribution is 5.38. The summed E-state index contributed by atoms with van der Waals surface area (Å²) >= 11 is 0. The fourth-order valence-corrected chi connectivity index (χ4v) is 3.21. The molecule has 1 saturated carbocycles. The number of aryl methyl sites for hydroxylation is 1. The molecule has 0 bridgehead atoms. The van der Waals surface area contributed by atoms with Crippen molar-refractivity contribution in [2.24, 2.45) is 11.8 Å². The first-order chi connectivity index (χ1) is 11.3. The summed E-state index contributed by atoms with van der Waals surface area (Å²) in [6.45, 7) is 4.42. The molecule has 0 saturated heterocycles. The van der Waals surface area contributed by atoms with Gasteiger partial charge in [-0.25, -0.2) is 0 Å². The molecule has 0 aliphatic heterocycles.